The predicted octanol–water partition coefficient (Wildman–Crippen LogP) is 4.62. The molecule has 0 amide bonds. The Kier molecular flexibility index (Phi) is 4.11. The molecule has 0 atom stereocenters. The molecule has 0 fully saturated rings. The first kappa shape index (κ1) is 15.7. The van der Waals surface area contributed by atoms with E-state index in [2.05, 4.69) is 0 Å². The lowest BCUT2D eigenvalue weighted by molar-refractivity contribution is -0.281. The van der Waals surface area contributed by atoms with Gasteiger partial charge in [0, 0.05) is 17.5 Å². The van der Waals surface area contributed by atoms with Gasteiger partial charge in [-0.15, -0.1) is 0 Å². The van der Waals surface area contributed by atoms with Gasteiger partial charge < -0.3 is 0 Å². The maximum Gasteiger partial charge on any atom is 0.383 e. The molecule has 1 rings (SSSR count). The van der Waals surface area contributed by atoms with Crippen molar-refractivity contribution < 1.29 is 26.3 Å². The number of halogens is 7. The normalized spacial score (nSPS) is 12.8. The first-order chi connectivity index (χ1) is 8.47. The Bertz CT molecular complexity index is 504. The molecule has 0 aliphatic carbocycles. The van der Waals surface area contributed by atoms with Crippen LogP contribution >= 0.6 is 11.6 Å². The van der Waals surface area contributed by atoms with E-state index >= 15 is 0 Å². The number of alkyl halides is 6. The third-order valence-corrected chi connectivity index (χ3v) is 2.41. The summed E-state index contributed by atoms with van der Waals surface area (Å²) in [7, 11) is 0. The fourth-order valence-electron chi connectivity index (χ4n) is 1.04. The zero-order valence-electron chi connectivity index (χ0n) is 9.46. The first-order valence-corrected chi connectivity index (χ1v) is 5.27. The van der Waals surface area contributed by atoms with Crippen LogP contribution in [0.5, 0.6) is 0 Å². The fraction of sp³-hybridized carbons (Fsp3) is 0.333. The maximum atomic E-state index is 13.0. The van der Waals surface area contributed by atoms with Gasteiger partial charge in [-0.1, -0.05) is 17.5 Å². The summed E-state index contributed by atoms with van der Waals surface area (Å²) in [5.74, 6) is -13.0. The molecule has 0 N–H and O–H groups in total. The molecule has 0 heterocycles. The SMILES string of the molecule is CC(F)(F)C(F)(F)C(F)(F)C#Cc1ccc(Cl)cc1. The molecule has 104 valence electrons. The van der Waals surface area contributed by atoms with E-state index in [1.54, 1.807) is 5.92 Å². The van der Waals surface area contributed by atoms with Crippen molar-refractivity contribution in [3.63, 3.8) is 0 Å². The number of hydrogen-bond acceptors (Lipinski definition) is 0. The molecular formula is C12H7ClF6. The number of rotatable bonds is 2. The Morgan fingerprint density at radius 2 is 1.42 bits per heavy atom. The molecule has 0 nitrogen and oxygen atoms in total. The van der Waals surface area contributed by atoms with Gasteiger partial charge in [-0.25, -0.2) is 0 Å². The summed E-state index contributed by atoms with van der Waals surface area (Å²) in [6.07, 6.45) is 0. The summed E-state index contributed by atoms with van der Waals surface area (Å²) in [5, 5.41) is 0.294. The van der Waals surface area contributed by atoms with Gasteiger partial charge in [0.25, 0.3) is 0 Å². The Morgan fingerprint density at radius 3 is 1.84 bits per heavy atom. The van der Waals surface area contributed by atoms with Crippen molar-refractivity contribution in [2.24, 2.45) is 0 Å². The lowest BCUT2D eigenvalue weighted by Crippen LogP contribution is -2.51. The highest BCUT2D eigenvalue weighted by Crippen LogP contribution is 2.44. The Morgan fingerprint density at radius 1 is 0.947 bits per heavy atom. The van der Waals surface area contributed by atoms with Crippen molar-refractivity contribution in [3.8, 4) is 11.8 Å². The molecule has 0 bridgehead atoms. The molecule has 0 radical (unpaired) electrons. The average Bonchev–Trinajstić information content (AvgIpc) is 2.26. The minimum absolute atomic E-state index is 0.0423. The number of hydrogen-bond donors (Lipinski definition) is 0. The van der Waals surface area contributed by atoms with Crippen LogP contribution < -0.4 is 0 Å². The standard InChI is InChI=1S/C12H7ClF6/c1-10(14,15)12(18,19)11(16,17)7-6-8-2-4-9(13)5-3-8/h2-5H,1H3. The van der Waals surface area contributed by atoms with Gasteiger partial charge in [0.2, 0.25) is 0 Å². The highest BCUT2D eigenvalue weighted by molar-refractivity contribution is 6.30. The Labute approximate surface area is 110 Å². The van der Waals surface area contributed by atoms with Crippen LogP contribution in [0, 0.1) is 11.8 Å². The molecule has 0 saturated heterocycles. The zero-order valence-corrected chi connectivity index (χ0v) is 10.2. The quantitative estimate of drug-likeness (QED) is 0.552. The van der Waals surface area contributed by atoms with Crippen molar-refractivity contribution >= 4 is 11.6 Å². The van der Waals surface area contributed by atoms with Crippen LogP contribution in [0.2, 0.25) is 5.02 Å². The predicted molar refractivity (Wildman–Crippen MR) is 58.8 cm³/mol. The monoisotopic (exact) mass is 300 g/mol. The third kappa shape index (κ3) is 3.35. The van der Waals surface area contributed by atoms with Crippen molar-refractivity contribution in [2.75, 3.05) is 0 Å². The Balaban J connectivity index is 3.07. The van der Waals surface area contributed by atoms with Gasteiger partial charge in [-0.05, 0) is 30.2 Å². The highest BCUT2D eigenvalue weighted by Gasteiger charge is 2.68. The summed E-state index contributed by atoms with van der Waals surface area (Å²) in [5.41, 5.74) is -0.0423. The zero-order chi connectivity index (χ0) is 14.9. The fourth-order valence-corrected chi connectivity index (χ4v) is 1.16. The van der Waals surface area contributed by atoms with E-state index < -0.39 is 17.8 Å². The molecule has 0 aliphatic rings. The molecule has 0 aromatic heterocycles. The largest absolute Gasteiger partial charge is 0.383 e. The van der Waals surface area contributed by atoms with Crippen molar-refractivity contribution in [3.05, 3.63) is 34.9 Å². The Hall–Kier alpha value is -1.35. The third-order valence-electron chi connectivity index (χ3n) is 2.15. The molecule has 0 unspecified atom stereocenters. The van der Waals surface area contributed by atoms with Crippen LogP contribution in [0.1, 0.15) is 12.5 Å². The second-order valence-electron chi connectivity index (χ2n) is 3.79. The van der Waals surface area contributed by atoms with Crippen molar-refractivity contribution in [2.45, 2.75) is 24.7 Å². The van der Waals surface area contributed by atoms with E-state index in [4.69, 9.17) is 11.6 Å². The molecule has 0 saturated carbocycles. The van der Waals surface area contributed by atoms with E-state index in [0.717, 1.165) is 5.92 Å². The summed E-state index contributed by atoms with van der Waals surface area (Å²) in [4.78, 5) is 0. The molecule has 0 aliphatic heterocycles. The lowest BCUT2D eigenvalue weighted by atomic mass is 10.1. The highest BCUT2D eigenvalue weighted by atomic mass is 35.5. The van der Waals surface area contributed by atoms with Gasteiger partial charge >= 0.3 is 17.8 Å². The van der Waals surface area contributed by atoms with Gasteiger partial charge in [0.05, 0.1) is 0 Å². The maximum absolute atomic E-state index is 13.0. The topological polar surface area (TPSA) is 0 Å². The van der Waals surface area contributed by atoms with E-state index in [-0.39, 0.29) is 12.5 Å². The van der Waals surface area contributed by atoms with Crippen molar-refractivity contribution in [1.82, 2.24) is 0 Å². The summed E-state index contributed by atoms with van der Waals surface area (Å²) < 4.78 is 76.7. The van der Waals surface area contributed by atoms with Crippen LogP contribution in [0.4, 0.5) is 26.3 Å². The van der Waals surface area contributed by atoms with Gasteiger partial charge in [0.1, 0.15) is 0 Å². The number of benzene rings is 1. The molecule has 0 spiro atoms. The first-order valence-electron chi connectivity index (χ1n) is 4.89. The average molecular weight is 301 g/mol. The minimum atomic E-state index is -5.56. The molecule has 19 heavy (non-hydrogen) atoms. The van der Waals surface area contributed by atoms with Gasteiger partial charge in [0.15, 0.2) is 0 Å². The van der Waals surface area contributed by atoms with Crippen LogP contribution in [0.25, 0.3) is 0 Å². The van der Waals surface area contributed by atoms with Crippen LogP contribution in [0.3, 0.4) is 0 Å². The second kappa shape index (κ2) is 4.97. The summed E-state index contributed by atoms with van der Waals surface area (Å²) >= 11 is 5.52. The van der Waals surface area contributed by atoms with E-state index in [1.165, 1.54) is 24.3 Å². The molecule has 1 aromatic rings. The second-order valence-corrected chi connectivity index (χ2v) is 4.23. The molecule has 7 heteroatoms. The molecule has 1 aromatic carbocycles. The van der Waals surface area contributed by atoms with E-state index in [0.29, 0.717) is 5.02 Å². The van der Waals surface area contributed by atoms with Gasteiger partial charge in [-0.2, -0.15) is 26.3 Å². The lowest BCUT2D eigenvalue weighted by Gasteiger charge is -2.27. The van der Waals surface area contributed by atoms with Crippen LogP contribution in [-0.4, -0.2) is 17.8 Å². The van der Waals surface area contributed by atoms with Crippen LogP contribution in [-0.2, 0) is 0 Å². The summed E-state index contributed by atoms with van der Waals surface area (Å²) in [6.45, 7) is -0.287. The molecular weight excluding hydrogens is 294 g/mol. The van der Waals surface area contributed by atoms with E-state index in [9.17, 15) is 26.3 Å². The van der Waals surface area contributed by atoms with Crippen LogP contribution in [0.15, 0.2) is 24.3 Å². The minimum Gasteiger partial charge on any atom is -0.200 e. The smallest absolute Gasteiger partial charge is 0.200 e. The van der Waals surface area contributed by atoms with E-state index in [1.807, 2.05) is 0 Å². The van der Waals surface area contributed by atoms with Crippen molar-refractivity contribution in [1.29, 1.82) is 0 Å². The summed E-state index contributed by atoms with van der Waals surface area (Å²) in [6, 6.07) is 5.01. The van der Waals surface area contributed by atoms with Gasteiger partial charge in [-0.3, -0.25) is 0 Å².